The number of likely N-dealkylation sites (tertiary alicyclic amines) is 2. The van der Waals surface area contributed by atoms with Crippen molar-refractivity contribution in [2.45, 2.75) is 64.7 Å². The van der Waals surface area contributed by atoms with Crippen molar-refractivity contribution < 1.29 is 24.3 Å². The van der Waals surface area contributed by atoms with Crippen LogP contribution in [0.3, 0.4) is 0 Å². The first-order valence-electron chi connectivity index (χ1n) is 13.2. The highest BCUT2D eigenvalue weighted by Crippen LogP contribution is 2.36. The second-order valence-corrected chi connectivity index (χ2v) is 12.7. The Labute approximate surface area is 241 Å². The number of thiophene rings is 1. The van der Waals surface area contributed by atoms with E-state index in [4.69, 9.17) is 14.7 Å². The molecule has 0 bridgehead atoms. The number of pyridine rings is 1. The number of nitrogens with one attached hydrogen (secondary N) is 1. The number of nitrogens with zero attached hydrogens (tertiary/aromatic N) is 4. The van der Waals surface area contributed by atoms with Gasteiger partial charge >= 0.3 is 6.09 Å². The van der Waals surface area contributed by atoms with E-state index in [2.05, 4.69) is 36.3 Å². The number of ether oxygens (including phenoxy) is 2. The summed E-state index contributed by atoms with van der Waals surface area (Å²) in [5.41, 5.74) is 0.475. The van der Waals surface area contributed by atoms with Crippen LogP contribution in [-0.2, 0) is 16.1 Å². The highest BCUT2D eigenvalue weighted by Gasteiger charge is 2.32. The van der Waals surface area contributed by atoms with Crippen molar-refractivity contribution in [2.75, 3.05) is 31.5 Å². The Morgan fingerprint density at radius 1 is 1.23 bits per heavy atom. The van der Waals surface area contributed by atoms with Gasteiger partial charge in [0.2, 0.25) is 5.91 Å². The fourth-order valence-electron chi connectivity index (χ4n) is 4.86. The Morgan fingerprint density at radius 3 is 2.62 bits per heavy atom. The number of hydrogen-bond acceptors (Lipinski definition) is 9. The monoisotopic (exact) mass is 621 g/mol. The average Bonchev–Trinajstić information content (AvgIpc) is 3.22. The molecule has 2 N–H and O–H groups in total. The average molecular weight is 623 g/mol. The fourth-order valence-corrected chi connectivity index (χ4v) is 6.29. The second kappa shape index (κ2) is 13.1. The lowest BCUT2D eigenvalue weighted by molar-refractivity contribution is -0.139. The Kier molecular flexibility index (Phi) is 9.84. The summed E-state index contributed by atoms with van der Waals surface area (Å²) in [6.45, 7) is 9.23. The van der Waals surface area contributed by atoms with E-state index in [1.54, 1.807) is 6.20 Å². The zero-order valence-electron chi connectivity index (χ0n) is 22.6. The lowest BCUT2D eigenvalue weighted by Crippen LogP contribution is -2.47. The first-order valence-corrected chi connectivity index (χ1v) is 14.9. The van der Waals surface area contributed by atoms with E-state index in [-0.39, 0.29) is 17.9 Å². The van der Waals surface area contributed by atoms with Crippen LogP contribution in [-0.4, -0.2) is 76.1 Å². The minimum absolute atomic E-state index is 0.0164. The highest BCUT2D eigenvalue weighted by atomic mass is 79.9. The van der Waals surface area contributed by atoms with Gasteiger partial charge in [-0.3, -0.25) is 15.0 Å². The van der Waals surface area contributed by atoms with Crippen LogP contribution in [0.25, 0.3) is 0 Å². The highest BCUT2D eigenvalue weighted by molar-refractivity contribution is 9.10. The lowest BCUT2D eigenvalue weighted by atomic mass is 9.94. The van der Waals surface area contributed by atoms with E-state index in [9.17, 15) is 9.59 Å². The maximum atomic E-state index is 13.2. The van der Waals surface area contributed by atoms with Crippen LogP contribution in [0.15, 0.2) is 33.3 Å². The molecule has 2 aliphatic rings. The number of carbonyl (C=O) groups excluding carboxylic acids is 2. The van der Waals surface area contributed by atoms with Gasteiger partial charge < -0.3 is 19.6 Å². The predicted molar refractivity (Wildman–Crippen MR) is 154 cm³/mol. The quantitative estimate of drug-likeness (QED) is 0.243. The van der Waals surface area contributed by atoms with E-state index >= 15 is 0 Å². The van der Waals surface area contributed by atoms with Crippen molar-refractivity contribution in [1.29, 1.82) is 0 Å². The molecule has 212 valence electrons. The number of hydrogen-bond donors (Lipinski definition) is 2. The number of aromatic nitrogens is 1. The Balaban J connectivity index is 1.21. The molecule has 2 aromatic heterocycles. The molecule has 0 unspecified atom stereocenters. The summed E-state index contributed by atoms with van der Waals surface area (Å²) < 4.78 is 12.3. The van der Waals surface area contributed by atoms with Crippen LogP contribution in [0.2, 0.25) is 0 Å². The molecular weight excluding hydrogens is 586 g/mol. The molecule has 2 aliphatic heterocycles. The van der Waals surface area contributed by atoms with Gasteiger partial charge in [-0.15, -0.1) is 11.3 Å². The van der Waals surface area contributed by atoms with Gasteiger partial charge in [0.05, 0.1) is 15.6 Å². The number of oxime groups is 1. The molecule has 0 saturated carbocycles. The molecule has 2 aromatic rings. The van der Waals surface area contributed by atoms with Gasteiger partial charge in [-0.05, 0) is 80.3 Å². The third-order valence-electron chi connectivity index (χ3n) is 6.74. The lowest BCUT2D eigenvalue weighted by Gasteiger charge is -2.37. The van der Waals surface area contributed by atoms with E-state index in [0.29, 0.717) is 24.7 Å². The third-order valence-corrected chi connectivity index (χ3v) is 8.53. The molecule has 39 heavy (non-hydrogen) atoms. The Bertz CT molecular complexity index is 1170. The summed E-state index contributed by atoms with van der Waals surface area (Å²) in [5, 5.41) is 16.6. The van der Waals surface area contributed by atoms with Crippen molar-refractivity contribution in [3.63, 3.8) is 0 Å². The first-order chi connectivity index (χ1) is 18.6. The van der Waals surface area contributed by atoms with E-state index in [1.165, 1.54) is 17.6 Å². The van der Waals surface area contributed by atoms with Gasteiger partial charge in [0.25, 0.3) is 0 Å². The van der Waals surface area contributed by atoms with Gasteiger partial charge in [-0.2, -0.15) is 0 Å². The largest absolute Gasteiger partial charge is 0.488 e. The van der Waals surface area contributed by atoms with Gasteiger partial charge in [0, 0.05) is 50.0 Å². The second-order valence-electron chi connectivity index (χ2n) is 10.9. The zero-order chi connectivity index (χ0) is 28.0. The van der Waals surface area contributed by atoms with Crippen LogP contribution < -0.4 is 10.1 Å². The molecule has 2 saturated heterocycles. The van der Waals surface area contributed by atoms with Crippen molar-refractivity contribution in [3.8, 4) is 5.75 Å². The summed E-state index contributed by atoms with van der Waals surface area (Å²) in [7, 11) is 0. The van der Waals surface area contributed by atoms with Crippen LogP contribution in [0.1, 0.15) is 56.9 Å². The Morgan fingerprint density at radius 2 is 1.95 bits per heavy atom. The van der Waals surface area contributed by atoms with Crippen LogP contribution in [0, 0.1) is 5.92 Å². The van der Waals surface area contributed by atoms with Crippen molar-refractivity contribution in [3.05, 3.63) is 38.6 Å². The van der Waals surface area contributed by atoms with Gasteiger partial charge in [0.1, 0.15) is 17.5 Å². The number of carbonyl (C=O) groups is 2. The van der Waals surface area contributed by atoms with E-state index < -0.39 is 11.7 Å². The van der Waals surface area contributed by atoms with Gasteiger partial charge in [0.15, 0.2) is 5.75 Å². The summed E-state index contributed by atoms with van der Waals surface area (Å²) in [6, 6.07) is 3.81. The molecule has 10 nitrogen and oxygen atoms in total. The normalized spacial score (nSPS) is 17.9. The van der Waals surface area contributed by atoms with Crippen LogP contribution in [0.4, 0.5) is 10.6 Å². The summed E-state index contributed by atoms with van der Waals surface area (Å²) in [4.78, 5) is 34.6. The van der Waals surface area contributed by atoms with E-state index in [0.717, 1.165) is 60.2 Å². The summed E-state index contributed by atoms with van der Waals surface area (Å²) >= 11 is 4.94. The molecular formula is C27H36BrN5O5S. The molecule has 0 atom stereocenters. The van der Waals surface area contributed by atoms with Crippen LogP contribution >= 0.6 is 27.3 Å². The van der Waals surface area contributed by atoms with Gasteiger partial charge in [-0.1, -0.05) is 5.16 Å². The third kappa shape index (κ3) is 8.39. The standard InChI is InChI=1S/C27H36BrN5O5S/c1-27(2,3)38-26(35)31-23-14-18(4-9-29-23)16-32-10-5-19(6-11-32)25(34)33-12-7-20(8-13-33)37-24-21(28)17-39-22(24)15-30-36/h4,9,14-15,17,19-20,36H,5-8,10-13,16H2,1-3H3,(H,29,31,35)/b30-15+. The van der Waals surface area contributed by atoms with Gasteiger partial charge in [-0.25, -0.2) is 9.78 Å². The predicted octanol–water partition coefficient (Wildman–Crippen LogP) is 5.34. The minimum Gasteiger partial charge on any atom is -0.488 e. The molecule has 2 amide bonds. The molecule has 4 rings (SSSR count). The van der Waals surface area contributed by atoms with Crippen molar-refractivity contribution >= 4 is 51.3 Å². The maximum absolute atomic E-state index is 13.2. The number of halogens is 1. The molecule has 4 heterocycles. The molecule has 0 aromatic carbocycles. The number of amides is 2. The summed E-state index contributed by atoms with van der Waals surface area (Å²) in [5.74, 6) is 1.44. The van der Waals surface area contributed by atoms with Crippen LogP contribution in [0.5, 0.6) is 5.75 Å². The number of anilines is 1. The number of piperidine rings is 2. The van der Waals surface area contributed by atoms with E-state index in [1.807, 2.05) is 43.2 Å². The number of rotatable bonds is 7. The maximum Gasteiger partial charge on any atom is 0.413 e. The smallest absolute Gasteiger partial charge is 0.413 e. The minimum atomic E-state index is -0.574. The fraction of sp³-hybridized carbons (Fsp3) is 0.556. The molecule has 0 spiro atoms. The van der Waals surface area contributed by atoms with Crippen molar-refractivity contribution in [1.82, 2.24) is 14.8 Å². The molecule has 0 aliphatic carbocycles. The summed E-state index contributed by atoms with van der Waals surface area (Å²) in [6.07, 6.45) is 5.75. The first kappa shape index (κ1) is 29.3. The molecule has 12 heteroatoms. The molecule has 0 radical (unpaired) electrons. The molecule has 2 fully saturated rings. The zero-order valence-corrected chi connectivity index (χ0v) is 25.0. The Hall–Kier alpha value is -2.70. The SMILES string of the molecule is CC(C)(C)OC(=O)Nc1cc(CN2CCC(C(=O)N3CCC(Oc4c(Br)csc4/C=N/O)CC3)CC2)ccn1. The van der Waals surface area contributed by atoms with Crippen molar-refractivity contribution in [2.24, 2.45) is 11.1 Å². The topological polar surface area (TPSA) is 117 Å².